The number of rotatable bonds is 7. The number of nitrogens with zero attached hydrogens (tertiary/aromatic N) is 4. The number of hydrogen-bond acceptors (Lipinski definition) is 5. The maximum atomic E-state index is 12.7. The van der Waals surface area contributed by atoms with E-state index in [0.29, 0.717) is 30.2 Å². The Hall–Kier alpha value is -3.52. The number of carbonyl (C=O) groups excluding carboxylic acids is 1. The second-order valence-electron chi connectivity index (χ2n) is 6.68. The summed E-state index contributed by atoms with van der Waals surface area (Å²) in [5, 5.41) is 9.98. The molecule has 29 heavy (non-hydrogen) atoms. The lowest BCUT2D eigenvalue weighted by Gasteiger charge is -2.15. The third-order valence-electron chi connectivity index (χ3n) is 4.69. The van der Waals surface area contributed by atoms with Crippen molar-refractivity contribution in [3.8, 4) is 11.4 Å². The lowest BCUT2D eigenvalue weighted by atomic mass is 10.2. The van der Waals surface area contributed by atoms with E-state index in [1.54, 1.807) is 19.4 Å². The molecular formula is C21H22N6O2. The van der Waals surface area contributed by atoms with E-state index in [-0.39, 0.29) is 11.9 Å². The summed E-state index contributed by atoms with van der Waals surface area (Å²) in [6.07, 6.45) is 1.69. The molecule has 4 aromatic rings. The molecule has 0 unspecified atom stereocenters. The van der Waals surface area contributed by atoms with Crippen LogP contribution in [-0.2, 0) is 11.3 Å². The molecule has 0 aliphatic rings. The Morgan fingerprint density at radius 3 is 2.83 bits per heavy atom. The number of benzene rings is 1. The van der Waals surface area contributed by atoms with Crippen molar-refractivity contribution < 1.29 is 9.53 Å². The second kappa shape index (κ2) is 8.24. The normalized spacial score (nSPS) is 12.2. The first-order chi connectivity index (χ1) is 14.2. The monoisotopic (exact) mass is 390 g/mol. The standard InChI is InChI=1S/C21H22N6O2/c1-14(20-24-16-8-3-4-9-19(16)27(20)11-12-29-2)23-21(28)18-13-17(25-26-18)15-7-5-6-10-22-15/h3-10,13-14H,11-12H2,1-2H3,(H,23,28)(H,25,26)/t14-/m0/s1. The van der Waals surface area contributed by atoms with Crippen molar-refractivity contribution in [1.82, 2.24) is 30.0 Å². The molecule has 4 rings (SSSR count). The predicted octanol–water partition coefficient (Wildman–Crippen LogP) is 2.96. The minimum Gasteiger partial charge on any atom is -0.383 e. The van der Waals surface area contributed by atoms with E-state index in [4.69, 9.17) is 9.72 Å². The molecule has 148 valence electrons. The molecule has 1 amide bonds. The summed E-state index contributed by atoms with van der Waals surface area (Å²) in [7, 11) is 1.67. The van der Waals surface area contributed by atoms with Crippen molar-refractivity contribution in [3.63, 3.8) is 0 Å². The number of nitrogens with one attached hydrogen (secondary N) is 2. The number of para-hydroxylation sites is 2. The minimum absolute atomic E-state index is 0.252. The van der Waals surface area contributed by atoms with Gasteiger partial charge in [0.2, 0.25) is 0 Å². The number of amides is 1. The molecule has 0 spiro atoms. The molecule has 3 aromatic heterocycles. The van der Waals surface area contributed by atoms with Crippen LogP contribution in [0.4, 0.5) is 0 Å². The van der Waals surface area contributed by atoms with Crippen LogP contribution in [0, 0.1) is 0 Å². The van der Waals surface area contributed by atoms with Crippen LogP contribution < -0.4 is 5.32 Å². The maximum absolute atomic E-state index is 12.7. The van der Waals surface area contributed by atoms with Crippen molar-refractivity contribution in [3.05, 3.63) is 66.2 Å². The van der Waals surface area contributed by atoms with Gasteiger partial charge >= 0.3 is 0 Å². The fourth-order valence-electron chi connectivity index (χ4n) is 3.26. The Labute approximate surface area is 167 Å². The van der Waals surface area contributed by atoms with Crippen LogP contribution in [0.3, 0.4) is 0 Å². The van der Waals surface area contributed by atoms with Gasteiger partial charge in [-0.1, -0.05) is 18.2 Å². The molecule has 2 N–H and O–H groups in total. The smallest absolute Gasteiger partial charge is 0.269 e. The molecule has 8 heteroatoms. The fraction of sp³-hybridized carbons (Fsp3) is 0.238. The number of imidazole rings is 1. The van der Waals surface area contributed by atoms with E-state index in [1.165, 1.54) is 0 Å². The first kappa shape index (κ1) is 18.8. The number of H-pyrrole nitrogens is 1. The highest BCUT2D eigenvalue weighted by Gasteiger charge is 2.20. The average Bonchev–Trinajstić information content (AvgIpc) is 3.38. The zero-order valence-electron chi connectivity index (χ0n) is 16.3. The van der Waals surface area contributed by atoms with Gasteiger partial charge in [0, 0.05) is 19.9 Å². The van der Waals surface area contributed by atoms with Gasteiger partial charge in [-0.2, -0.15) is 5.10 Å². The van der Waals surface area contributed by atoms with Crippen LogP contribution in [0.15, 0.2) is 54.7 Å². The Balaban J connectivity index is 1.56. The van der Waals surface area contributed by atoms with Gasteiger partial charge in [-0.25, -0.2) is 4.98 Å². The van der Waals surface area contributed by atoms with Crippen LogP contribution in [0.1, 0.15) is 29.3 Å². The van der Waals surface area contributed by atoms with Gasteiger partial charge in [0.15, 0.2) is 0 Å². The molecule has 0 radical (unpaired) electrons. The number of aromatic nitrogens is 5. The van der Waals surface area contributed by atoms with Gasteiger partial charge in [-0.3, -0.25) is 14.9 Å². The van der Waals surface area contributed by atoms with Crippen LogP contribution in [0.5, 0.6) is 0 Å². The molecule has 0 aliphatic heterocycles. The summed E-state index contributed by atoms with van der Waals surface area (Å²) >= 11 is 0. The molecule has 1 atom stereocenters. The van der Waals surface area contributed by atoms with Gasteiger partial charge in [0.25, 0.3) is 5.91 Å². The third kappa shape index (κ3) is 3.88. The van der Waals surface area contributed by atoms with Crippen molar-refractivity contribution in [2.75, 3.05) is 13.7 Å². The van der Waals surface area contributed by atoms with E-state index in [9.17, 15) is 4.79 Å². The van der Waals surface area contributed by atoms with Crippen LogP contribution >= 0.6 is 0 Å². The molecule has 0 aliphatic carbocycles. The van der Waals surface area contributed by atoms with Crippen molar-refractivity contribution in [2.24, 2.45) is 0 Å². The quantitative estimate of drug-likeness (QED) is 0.506. The summed E-state index contributed by atoms with van der Waals surface area (Å²) in [6.45, 7) is 3.13. The van der Waals surface area contributed by atoms with Gasteiger partial charge in [-0.15, -0.1) is 0 Å². The number of pyridine rings is 1. The summed E-state index contributed by atoms with van der Waals surface area (Å²) in [6, 6.07) is 14.9. The predicted molar refractivity (Wildman–Crippen MR) is 109 cm³/mol. The first-order valence-corrected chi connectivity index (χ1v) is 9.39. The summed E-state index contributed by atoms with van der Waals surface area (Å²) in [5.41, 5.74) is 3.60. The van der Waals surface area contributed by atoms with Crippen LogP contribution in [-0.4, -0.2) is 44.4 Å². The molecule has 3 heterocycles. The van der Waals surface area contributed by atoms with E-state index in [0.717, 1.165) is 16.9 Å². The highest BCUT2D eigenvalue weighted by molar-refractivity contribution is 5.93. The third-order valence-corrected chi connectivity index (χ3v) is 4.69. The Morgan fingerprint density at radius 1 is 1.21 bits per heavy atom. The zero-order valence-corrected chi connectivity index (χ0v) is 16.3. The Kier molecular flexibility index (Phi) is 5.35. The number of ether oxygens (including phenoxy) is 1. The van der Waals surface area contributed by atoms with E-state index in [2.05, 4.69) is 25.1 Å². The molecule has 1 aromatic carbocycles. The largest absolute Gasteiger partial charge is 0.383 e. The molecule has 0 saturated carbocycles. The van der Waals surface area contributed by atoms with Crippen molar-refractivity contribution >= 4 is 16.9 Å². The molecule has 0 fully saturated rings. The number of carbonyl (C=O) groups is 1. The van der Waals surface area contributed by atoms with Gasteiger partial charge in [-0.05, 0) is 37.3 Å². The number of fused-ring (bicyclic) bond motifs is 1. The van der Waals surface area contributed by atoms with E-state index < -0.39 is 0 Å². The van der Waals surface area contributed by atoms with Crippen LogP contribution in [0.2, 0.25) is 0 Å². The summed E-state index contributed by atoms with van der Waals surface area (Å²) in [5.74, 6) is 0.526. The summed E-state index contributed by atoms with van der Waals surface area (Å²) < 4.78 is 7.32. The van der Waals surface area contributed by atoms with Crippen molar-refractivity contribution in [1.29, 1.82) is 0 Å². The van der Waals surface area contributed by atoms with Gasteiger partial charge in [0.1, 0.15) is 17.2 Å². The van der Waals surface area contributed by atoms with Crippen molar-refractivity contribution in [2.45, 2.75) is 19.5 Å². The SMILES string of the molecule is COCCn1c([C@H](C)NC(=O)c2cc(-c3ccccn3)n[nH]2)nc2ccccc21. The fourth-order valence-corrected chi connectivity index (χ4v) is 3.26. The van der Waals surface area contributed by atoms with E-state index in [1.807, 2.05) is 49.4 Å². The molecule has 8 nitrogen and oxygen atoms in total. The molecular weight excluding hydrogens is 368 g/mol. The first-order valence-electron chi connectivity index (χ1n) is 9.39. The highest BCUT2D eigenvalue weighted by Crippen LogP contribution is 2.21. The maximum Gasteiger partial charge on any atom is 0.269 e. The number of hydrogen-bond donors (Lipinski definition) is 2. The van der Waals surface area contributed by atoms with Crippen LogP contribution in [0.25, 0.3) is 22.4 Å². The highest BCUT2D eigenvalue weighted by atomic mass is 16.5. The summed E-state index contributed by atoms with van der Waals surface area (Å²) in [4.78, 5) is 21.7. The Bertz CT molecular complexity index is 1120. The van der Waals surface area contributed by atoms with E-state index >= 15 is 0 Å². The number of aromatic amines is 1. The lowest BCUT2D eigenvalue weighted by Crippen LogP contribution is -2.29. The Morgan fingerprint density at radius 2 is 2.03 bits per heavy atom. The average molecular weight is 390 g/mol. The zero-order chi connectivity index (χ0) is 20.2. The molecule has 0 saturated heterocycles. The molecule has 0 bridgehead atoms. The minimum atomic E-state index is -0.298. The van der Waals surface area contributed by atoms with Gasteiger partial charge in [0.05, 0.1) is 29.4 Å². The second-order valence-corrected chi connectivity index (χ2v) is 6.68. The van der Waals surface area contributed by atoms with Gasteiger partial charge < -0.3 is 14.6 Å². The lowest BCUT2D eigenvalue weighted by molar-refractivity contribution is 0.0932. The topological polar surface area (TPSA) is 97.7 Å². The number of methoxy groups -OCH3 is 1.